The fourth-order valence-corrected chi connectivity index (χ4v) is 3.85. The molecular formula is C28H32N2O2. The average molecular weight is 429 g/mol. The van der Waals surface area contributed by atoms with Crippen LogP contribution < -0.4 is 10.1 Å². The highest BCUT2D eigenvalue weighted by atomic mass is 16.5. The molecule has 0 saturated heterocycles. The average Bonchev–Trinajstić information content (AvgIpc) is 2.85. The van der Waals surface area contributed by atoms with Crippen LogP contribution in [0.5, 0.6) is 5.75 Å². The van der Waals surface area contributed by atoms with Crippen LogP contribution in [0.4, 0.5) is 4.79 Å². The Balaban J connectivity index is 2.05. The van der Waals surface area contributed by atoms with Crippen molar-refractivity contribution < 1.29 is 9.53 Å². The van der Waals surface area contributed by atoms with E-state index >= 15 is 0 Å². The lowest BCUT2D eigenvalue weighted by Crippen LogP contribution is -2.40. The molecule has 2 amide bonds. The number of hydrogen-bond donors (Lipinski definition) is 1. The summed E-state index contributed by atoms with van der Waals surface area (Å²) in [5.41, 5.74) is 5.77. The van der Waals surface area contributed by atoms with E-state index in [9.17, 15) is 4.79 Å². The van der Waals surface area contributed by atoms with Gasteiger partial charge in [-0.15, -0.1) is 0 Å². The van der Waals surface area contributed by atoms with Crippen LogP contribution in [-0.2, 0) is 0 Å². The van der Waals surface area contributed by atoms with Gasteiger partial charge in [0.25, 0.3) is 0 Å². The smallest absolute Gasteiger partial charge is 0.317 e. The van der Waals surface area contributed by atoms with Crippen molar-refractivity contribution in [2.75, 3.05) is 26.7 Å². The van der Waals surface area contributed by atoms with Crippen LogP contribution in [0.25, 0.3) is 11.1 Å². The van der Waals surface area contributed by atoms with Crippen molar-refractivity contribution in [1.82, 2.24) is 10.2 Å². The zero-order chi connectivity index (χ0) is 22.8. The Morgan fingerprint density at radius 3 is 1.84 bits per heavy atom. The fourth-order valence-electron chi connectivity index (χ4n) is 3.85. The van der Waals surface area contributed by atoms with Gasteiger partial charge in [0.15, 0.2) is 0 Å². The Morgan fingerprint density at radius 2 is 1.31 bits per heavy atom. The van der Waals surface area contributed by atoms with E-state index in [-0.39, 0.29) is 6.03 Å². The van der Waals surface area contributed by atoms with Gasteiger partial charge in [-0.2, -0.15) is 0 Å². The van der Waals surface area contributed by atoms with Gasteiger partial charge >= 0.3 is 6.03 Å². The van der Waals surface area contributed by atoms with E-state index in [1.165, 1.54) is 5.57 Å². The largest absolute Gasteiger partial charge is 0.497 e. The molecule has 1 N–H and O–H groups in total. The Kier molecular flexibility index (Phi) is 8.50. The maximum absolute atomic E-state index is 12.5. The molecule has 0 aliphatic carbocycles. The summed E-state index contributed by atoms with van der Waals surface area (Å²) in [6.45, 7) is 5.95. The van der Waals surface area contributed by atoms with Crippen molar-refractivity contribution in [1.29, 1.82) is 0 Å². The molecule has 0 heterocycles. The van der Waals surface area contributed by atoms with Gasteiger partial charge in [-0.3, -0.25) is 0 Å². The molecule has 0 fully saturated rings. The number of carbonyl (C=O) groups is 1. The third-order valence-corrected chi connectivity index (χ3v) is 5.57. The second kappa shape index (κ2) is 11.8. The number of nitrogens with zero attached hydrogens (tertiary/aromatic N) is 1. The Labute approximate surface area is 191 Å². The Morgan fingerprint density at radius 1 is 0.781 bits per heavy atom. The Bertz CT molecular complexity index is 1010. The highest BCUT2D eigenvalue weighted by Crippen LogP contribution is 2.34. The van der Waals surface area contributed by atoms with Crippen LogP contribution in [0.2, 0.25) is 0 Å². The second-order valence-corrected chi connectivity index (χ2v) is 7.47. The molecule has 0 unspecified atom stereocenters. The molecule has 0 saturated carbocycles. The van der Waals surface area contributed by atoms with E-state index < -0.39 is 0 Å². The first-order valence-electron chi connectivity index (χ1n) is 11.2. The monoisotopic (exact) mass is 428 g/mol. The molecule has 0 aliphatic heterocycles. The van der Waals surface area contributed by atoms with Crippen molar-refractivity contribution in [2.24, 2.45) is 0 Å². The lowest BCUT2D eigenvalue weighted by atomic mass is 9.88. The van der Waals surface area contributed by atoms with Crippen LogP contribution >= 0.6 is 0 Å². The van der Waals surface area contributed by atoms with Gasteiger partial charge in [-0.1, -0.05) is 72.8 Å². The van der Waals surface area contributed by atoms with Gasteiger partial charge in [-0.25, -0.2) is 4.79 Å². The van der Waals surface area contributed by atoms with Crippen LogP contribution in [0.15, 0.2) is 84.9 Å². The number of methoxy groups -OCH3 is 1. The number of rotatable bonds is 9. The summed E-state index contributed by atoms with van der Waals surface area (Å²) >= 11 is 0. The molecule has 0 aliphatic rings. The third kappa shape index (κ3) is 5.79. The normalized spacial score (nSPS) is 11.5. The molecular weight excluding hydrogens is 396 g/mol. The molecule has 0 radical (unpaired) electrons. The molecule has 3 rings (SSSR count). The number of urea groups is 1. The highest BCUT2D eigenvalue weighted by molar-refractivity contribution is 5.98. The predicted molar refractivity (Wildman–Crippen MR) is 133 cm³/mol. The summed E-state index contributed by atoms with van der Waals surface area (Å²) in [5, 5.41) is 3.09. The van der Waals surface area contributed by atoms with Crippen molar-refractivity contribution in [3.05, 3.63) is 102 Å². The second-order valence-electron chi connectivity index (χ2n) is 7.47. The Hall–Kier alpha value is -3.53. The maximum Gasteiger partial charge on any atom is 0.317 e. The molecule has 0 atom stereocenters. The molecule has 3 aromatic carbocycles. The SMILES string of the molecule is CCN(CC)C(=O)NCCC(=C(c1ccccc1)c1ccc(OC)cc1)c1ccccc1. The fraction of sp³-hybridized carbons (Fsp3) is 0.250. The number of carbonyl (C=O) groups excluding carboxylic acids is 1. The van der Waals surface area contributed by atoms with E-state index in [0.29, 0.717) is 26.1 Å². The van der Waals surface area contributed by atoms with Crippen LogP contribution in [0, 0.1) is 0 Å². The minimum atomic E-state index is -0.0203. The molecule has 0 bridgehead atoms. The first kappa shape index (κ1) is 23.1. The van der Waals surface area contributed by atoms with E-state index in [4.69, 9.17) is 4.74 Å². The topological polar surface area (TPSA) is 41.6 Å². The van der Waals surface area contributed by atoms with Crippen molar-refractivity contribution in [3.8, 4) is 5.75 Å². The van der Waals surface area contributed by atoms with Crippen LogP contribution in [0.3, 0.4) is 0 Å². The predicted octanol–water partition coefficient (Wildman–Crippen LogP) is 6.10. The van der Waals surface area contributed by atoms with Crippen LogP contribution in [-0.4, -0.2) is 37.7 Å². The molecule has 4 nitrogen and oxygen atoms in total. The van der Waals surface area contributed by atoms with Crippen molar-refractivity contribution in [2.45, 2.75) is 20.3 Å². The van der Waals surface area contributed by atoms with Crippen molar-refractivity contribution >= 4 is 17.2 Å². The zero-order valence-corrected chi connectivity index (χ0v) is 19.2. The summed E-state index contributed by atoms with van der Waals surface area (Å²) in [6, 6.07) is 29.0. The van der Waals surface area contributed by atoms with Gasteiger partial charge < -0.3 is 15.0 Å². The minimum Gasteiger partial charge on any atom is -0.497 e. The van der Waals surface area contributed by atoms with E-state index in [2.05, 4.69) is 66.0 Å². The van der Waals surface area contributed by atoms with Gasteiger partial charge in [0.2, 0.25) is 0 Å². The zero-order valence-electron chi connectivity index (χ0n) is 19.2. The highest BCUT2D eigenvalue weighted by Gasteiger charge is 2.15. The lowest BCUT2D eigenvalue weighted by molar-refractivity contribution is 0.203. The van der Waals surface area contributed by atoms with Gasteiger partial charge in [0.05, 0.1) is 7.11 Å². The number of amides is 2. The summed E-state index contributed by atoms with van der Waals surface area (Å²) < 4.78 is 5.37. The number of hydrogen-bond acceptors (Lipinski definition) is 2. The quantitative estimate of drug-likeness (QED) is 0.419. The summed E-state index contributed by atoms with van der Waals surface area (Å²) in [6.07, 6.45) is 0.716. The summed E-state index contributed by atoms with van der Waals surface area (Å²) in [4.78, 5) is 14.3. The number of benzene rings is 3. The molecule has 0 spiro atoms. The molecule has 4 heteroatoms. The lowest BCUT2D eigenvalue weighted by Gasteiger charge is -2.21. The molecule has 166 valence electrons. The molecule has 32 heavy (non-hydrogen) atoms. The maximum atomic E-state index is 12.5. The number of ether oxygens (including phenoxy) is 1. The number of nitrogens with one attached hydrogen (secondary N) is 1. The standard InChI is InChI=1S/C28H32N2O2/c1-4-30(5-2)28(31)29-21-20-26(22-12-8-6-9-13-22)27(23-14-10-7-11-15-23)24-16-18-25(32-3)19-17-24/h6-19H,4-5,20-21H2,1-3H3,(H,29,31). The van der Waals surface area contributed by atoms with E-state index in [1.54, 1.807) is 12.0 Å². The van der Waals surface area contributed by atoms with E-state index in [0.717, 1.165) is 28.0 Å². The minimum absolute atomic E-state index is 0.0203. The van der Waals surface area contributed by atoms with Crippen molar-refractivity contribution in [3.63, 3.8) is 0 Å². The first-order chi connectivity index (χ1) is 15.7. The first-order valence-corrected chi connectivity index (χ1v) is 11.2. The van der Waals surface area contributed by atoms with Crippen LogP contribution in [0.1, 0.15) is 37.0 Å². The molecule has 3 aromatic rings. The van der Waals surface area contributed by atoms with Gasteiger partial charge in [-0.05, 0) is 60.2 Å². The summed E-state index contributed by atoms with van der Waals surface area (Å²) in [7, 11) is 1.68. The molecule has 0 aromatic heterocycles. The third-order valence-electron chi connectivity index (χ3n) is 5.57. The van der Waals surface area contributed by atoms with Gasteiger partial charge in [0, 0.05) is 19.6 Å². The van der Waals surface area contributed by atoms with E-state index in [1.807, 2.05) is 38.1 Å². The summed E-state index contributed by atoms with van der Waals surface area (Å²) in [5.74, 6) is 0.828. The van der Waals surface area contributed by atoms with Gasteiger partial charge in [0.1, 0.15) is 5.75 Å².